The van der Waals surface area contributed by atoms with Crippen LogP contribution in [0.5, 0.6) is 0 Å². The van der Waals surface area contributed by atoms with Crippen molar-refractivity contribution in [2.45, 2.75) is 38.0 Å². The van der Waals surface area contributed by atoms with Gasteiger partial charge in [-0.2, -0.15) is 0 Å². The average Bonchev–Trinajstić information content (AvgIpc) is 2.75. The van der Waals surface area contributed by atoms with Crippen LogP contribution in [-0.4, -0.2) is 35.8 Å². The summed E-state index contributed by atoms with van der Waals surface area (Å²) in [5.41, 5.74) is 0.655. The third-order valence-corrected chi connectivity index (χ3v) is 4.13. The molecule has 0 atom stereocenters. The summed E-state index contributed by atoms with van der Waals surface area (Å²) >= 11 is 1.34. The minimum atomic E-state index is -1.01. The van der Waals surface area contributed by atoms with Gasteiger partial charge in [0.2, 0.25) is 0 Å². The van der Waals surface area contributed by atoms with Crippen LogP contribution in [0.4, 0.5) is 0 Å². The second kappa shape index (κ2) is 6.21. The Bertz CT molecular complexity index is 683. The van der Waals surface area contributed by atoms with E-state index in [1.54, 1.807) is 6.92 Å². The highest BCUT2D eigenvalue weighted by molar-refractivity contribution is 7.98. The van der Waals surface area contributed by atoms with E-state index < -0.39 is 5.97 Å². The summed E-state index contributed by atoms with van der Waals surface area (Å²) in [6.45, 7) is 5.50. The molecule has 0 saturated carbocycles. The summed E-state index contributed by atoms with van der Waals surface area (Å²) in [5.74, 6) is 1.75. The fourth-order valence-electron chi connectivity index (χ4n) is 1.82. The number of thioether (sulfide) groups is 1. The van der Waals surface area contributed by atoms with Gasteiger partial charge in [-0.1, -0.05) is 18.7 Å². The van der Waals surface area contributed by atoms with Gasteiger partial charge in [-0.3, -0.25) is 0 Å². The molecule has 0 unspecified atom stereocenters. The maximum absolute atomic E-state index is 11.4. The normalized spacial score (nSPS) is 10.9. The van der Waals surface area contributed by atoms with Crippen molar-refractivity contribution in [3.05, 3.63) is 28.7 Å². The fourth-order valence-corrected chi connectivity index (χ4v) is 2.89. The van der Waals surface area contributed by atoms with Gasteiger partial charge in [0, 0.05) is 13.5 Å². The van der Waals surface area contributed by atoms with E-state index in [9.17, 15) is 9.90 Å². The van der Waals surface area contributed by atoms with Crippen LogP contribution in [0.3, 0.4) is 0 Å². The molecule has 2 heterocycles. The molecule has 7 nitrogen and oxygen atoms in total. The average molecular weight is 307 g/mol. The Morgan fingerprint density at radius 1 is 1.29 bits per heavy atom. The van der Waals surface area contributed by atoms with Crippen LogP contribution >= 0.6 is 11.8 Å². The molecule has 2 rings (SSSR count). The highest BCUT2D eigenvalue weighted by Crippen LogP contribution is 2.26. The Kier molecular flexibility index (Phi) is 4.56. The molecule has 21 heavy (non-hydrogen) atoms. The lowest BCUT2D eigenvalue weighted by Crippen LogP contribution is -2.09. The number of carboxylic acid groups (broad SMARTS) is 1. The third-order valence-electron chi connectivity index (χ3n) is 3.15. The third kappa shape index (κ3) is 3.21. The van der Waals surface area contributed by atoms with Gasteiger partial charge in [-0.05, 0) is 13.8 Å². The second-order valence-electron chi connectivity index (χ2n) is 4.58. The minimum absolute atomic E-state index is 0.163. The lowest BCUT2D eigenvalue weighted by Gasteiger charge is -2.09. The predicted octanol–water partition coefficient (Wildman–Crippen LogP) is 1.77. The van der Waals surface area contributed by atoms with Crippen LogP contribution in [-0.2, 0) is 19.2 Å². The van der Waals surface area contributed by atoms with Gasteiger partial charge >= 0.3 is 5.97 Å². The number of aromatic carboxylic acids is 1. The number of hydrogen-bond donors (Lipinski definition) is 1. The van der Waals surface area contributed by atoms with Crippen molar-refractivity contribution in [2.24, 2.45) is 7.05 Å². The minimum Gasteiger partial charge on any atom is -0.478 e. The summed E-state index contributed by atoms with van der Waals surface area (Å²) in [6, 6.07) is 0. The van der Waals surface area contributed by atoms with Crippen LogP contribution in [0, 0.1) is 13.8 Å². The first-order chi connectivity index (χ1) is 9.93. The summed E-state index contributed by atoms with van der Waals surface area (Å²) in [7, 11) is 1.88. The van der Waals surface area contributed by atoms with Crippen molar-refractivity contribution in [3.63, 3.8) is 0 Å². The SMILES string of the molecule is CCc1nc(C)c(C(=O)O)c(SCc2nnc(C)n2C)n1. The quantitative estimate of drug-likeness (QED) is 0.664. The van der Waals surface area contributed by atoms with Gasteiger partial charge in [-0.15, -0.1) is 10.2 Å². The van der Waals surface area contributed by atoms with E-state index in [-0.39, 0.29) is 5.56 Å². The van der Waals surface area contributed by atoms with Gasteiger partial charge < -0.3 is 9.67 Å². The summed E-state index contributed by atoms with van der Waals surface area (Å²) in [5, 5.41) is 17.9. The van der Waals surface area contributed by atoms with Crippen LogP contribution in [0.25, 0.3) is 0 Å². The summed E-state index contributed by atoms with van der Waals surface area (Å²) in [4.78, 5) is 19.9. The van der Waals surface area contributed by atoms with E-state index in [1.165, 1.54) is 11.8 Å². The fraction of sp³-hybridized carbons (Fsp3) is 0.462. The molecule has 0 aliphatic carbocycles. The molecule has 0 saturated heterocycles. The van der Waals surface area contributed by atoms with Crippen molar-refractivity contribution in [1.29, 1.82) is 0 Å². The maximum atomic E-state index is 11.4. The zero-order valence-electron chi connectivity index (χ0n) is 12.4. The molecule has 0 bridgehead atoms. The van der Waals surface area contributed by atoms with Crippen LogP contribution in [0.15, 0.2) is 5.03 Å². The standard InChI is InChI=1S/C13H17N5O2S/c1-5-9-14-7(2)11(13(19)20)12(15-9)21-6-10-17-16-8(3)18(10)4/h5-6H2,1-4H3,(H,19,20). The van der Waals surface area contributed by atoms with E-state index in [1.807, 2.05) is 25.5 Å². The number of aryl methyl sites for hydroxylation is 3. The van der Waals surface area contributed by atoms with E-state index in [0.29, 0.717) is 28.7 Å². The molecule has 0 fully saturated rings. The molecule has 0 spiro atoms. The predicted molar refractivity (Wildman–Crippen MR) is 78.4 cm³/mol. The Morgan fingerprint density at radius 3 is 2.52 bits per heavy atom. The molecule has 0 aliphatic rings. The zero-order valence-corrected chi connectivity index (χ0v) is 13.2. The molecular formula is C13H17N5O2S. The number of rotatable bonds is 5. The van der Waals surface area contributed by atoms with Gasteiger partial charge in [-0.25, -0.2) is 14.8 Å². The Hall–Kier alpha value is -1.96. The second-order valence-corrected chi connectivity index (χ2v) is 5.54. The molecule has 2 aromatic rings. The number of carbonyl (C=O) groups is 1. The molecule has 0 aromatic carbocycles. The van der Waals surface area contributed by atoms with Crippen LogP contribution < -0.4 is 0 Å². The largest absolute Gasteiger partial charge is 0.478 e. The Balaban J connectivity index is 2.32. The molecular weight excluding hydrogens is 290 g/mol. The first-order valence-corrected chi connectivity index (χ1v) is 7.51. The Labute approximate surface area is 126 Å². The lowest BCUT2D eigenvalue weighted by molar-refractivity contribution is 0.0690. The molecule has 0 amide bonds. The number of hydrogen-bond acceptors (Lipinski definition) is 6. The van der Waals surface area contributed by atoms with Gasteiger partial charge in [0.25, 0.3) is 0 Å². The summed E-state index contributed by atoms with van der Waals surface area (Å²) in [6.07, 6.45) is 0.664. The highest BCUT2D eigenvalue weighted by atomic mass is 32.2. The molecule has 0 radical (unpaired) electrons. The van der Waals surface area contributed by atoms with Crippen LogP contribution in [0.2, 0.25) is 0 Å². The van der Waals surface area contributed by atoms with Crippen molar-refractivity contribution >= 4 is 17.7 Å². The molecule has 2 aromatic heterocycles. The van der Waals surface area contributed by atoms with E-state index in [4.69, 9.17) is 0 Å². The van der Waals surface area contributed by atoms with Gasteiger partial charge in [0.05, 0.1) is 11.4 Å². The maximum Gasteiger partial charge on any atom is 0.340 e. The number of carboxylic acids is 1. The molecule has 0 aliphatic heterocycles. The smallest absolute Gasteiger partial charge is 0.340 e. The van der Waals surface area contributed by atoms with Crippen molar-refractivity contribution in [1.82, 2.24) is 24.7 Å². The number of nitrogens with zero attached hydrogens (tertiary/aromatic N) is 5. The van der Waals surface area contributed by atoms with Gasteiger partial charge in [0.15, 0.2) is 0 Å². The van der Waals surface area contributed by atoms with Gasteiger partial charge in [0.1, 0.15) is 28.1 Å². The van der Waals surface area contributed by atoms with E-state index >= 15 is 0 Å². The van der Waals surface area contributed by atoms with Crippen molar-refractivity contribution in [2.75, 3.05) is 0 Å². The molecule has 112 valence electrons. The van der Waals surface area contributed by atoms with Crippen molar-refractivity contribution < 1.29 is 9.90 Å². The monoisotopic (exact) mass is 307 g/mol. The molecule has 1 N–H and O–H groups in total. The first-order valence-electron chi connectivity index (χ1n) is 6.52. The van der Waals surface area contributed by atoms with Crippen LogP contribution in [0.1, 0.15) is 40.4 Å². The summed E-state index contributed by atoms with van der Waals surface area (Å²) < 4.78 is 1.88. The molecule has 8 heteroatoms. The highest BCUT2D eigenvalue weighted by Gasteiger charge is 2.19. The van der Waals surface area contributed by atoms with E-state index in [2.05, 4.69) is 20.2 Å². The number of aromatic nitrogens is 5. The first kappa shape index (κ1) is 15.4. The topological polar surface area (TPSA) is 93.8 Å². The van der Waals surface area contributed by atoms with E-state index in [0.717, 1.165) is 11.6 Å². The Morgan fingerprint density at radius 2 is 2.00 bits per heavy atom. The zero-order chi connectivity index (χ0) is 15.6. The lowest BCUT2D eigenvalue weighted by atomic mass is 10.2. The van der Waals surface area contributed by atoms with Crippen molar-refractivity contribution in [3.8, 4) is 0 Å².